The molecule has 68 valence electrons. The molecule has 0 unspecified atom stereocenters. The molecule has 8 nitrogen and oxygen atoms in total. The van der Waals surface area contributed by atoms with Crippen molar-refractivity contribution in [3.05, 3.63) is 21.9 Å². The number of nitro groups is 1. The predicted molar refractivity (Wildman–Crippen MR) is 36.8 cm³/mol. The molecule has 0 bridgehead atoms. The van der Waals surface area contributed by atoms with Gasteiger partial charge in [-0.15, -0.1) is 0 Å². The van der Waals surface area contributed by atoms with Crippen LogP contribution in [0.5, 0.6) is 0 Å². The highest BCUT2D eigenvalue weighted by molar-refractivity contribution is 6.28. The van der Waals surface area contributed by atoms with Gasteiger partial charge in [0.2, 0.25) is 0 Å². The molecule has 0 saturated carbocycles. The Morgan fingerprint density at radius 2 is 1.62 bits per heavy atom. The molecule has 1 aliphatic heterocycles. The number of amides is 4. The highest BCUT2D eigenvalue weighted by Gasteiger charge is 2.30. The standard InChI is InChI=1S/C5H3N3O5/c9-3-2(1-8(12)13)4(10)7-5(11)6-3/h1H,(H2,6,7,9,10,11). The van der Waals surface area contributed by atoms with Gasteiger partial charge in [-0.3, -0.25) is 30.3 Å². The van der Waals surface area contributed by atoms with Crippen LogP contribution in [-0.2, 0) is 9.59 Å². The minimum Gasteiger partial charge on any atom is -0.273 e. The first-order valence-electron chi connectivity index (χ1n) is 3.02. The Balaban J connectivity index is 2.98. The van der Waals surface area contributed by atoms with Crippen molar-refractivity contribution in [3.8, 4) is 0 Å². The van der Waals surface area contributed by atoms with Crippen molar-refractivity contribution >= 4 is 17.8 Å². The average molecular weight is 185 g/mol. The predicted octanol–water partition coefficient (Wildman–Crippen LogP) is -1.49. The third-order valence-corrected chi connectivity index (χ3v) is 1.18. The average Bonchev–Trinajstić information content (AvgIpc) is 1.96. The number of hydrogen-bond acceptors (Lipinski definition) is 5. The quantitative estimate of drug-likeness (QED) is 0.223. The van der Waals surface area contributed by atoms with Gasteiger partial charge in [-0.25, -0.2) is 4.79 Å². The van der Waals surface area contributed by atoms with Crippen molar-refractivity contribution < 1.29 is 19.3 Å². The molecule has 0 radical (unpaired) electrons. The first-order valence-corrected chi connectivity index (χ1v) is 3.02. The van der Waals surface area contributed by atoms with Crippen LogP contribution in [0.1, 0.15) is 0 Å². The molecule has 1 fully saturated rings. The Bertz CT molecular complexity index is 322. The van der Waals surface area contributed by atoms with Crippen LogP contribution in [-0.4, -0.2) is 22.8 Å². The first kappa shape index (κ1) is 8.84. The van der Waals surface area contributed by atoms with Crippen LogP contribution in [0.3, 0.4) is 0 Å². The second-order valence-corrected chi connectivity index (χ2v) is 2.07. The van der Waals surface area contributed by atoms with Gasteiger partial charge in [-0.2, -0.15) is 0 Å². The van der Waals surface area contributed by atoms with E-state index in [4.69, 9.17) is 0 Å². The van der Waals surface area contributed by atoms with E-state index < -0.39 is 28.3 Å². The van der Waals surface area contributed by atoms with E-state index in [0.717, 1.165) is 0 Å². The van der Waals surface area contributed by atoms with E-state index in [0.29, 0.717) is 0 Å². The second-order valence-electron chi connectivity index (χ2n) is 2.07. The van der Waals surface area contributed by atoms with Gasteiger partial charge in [0.1, 0.15) is 0 Å². The second kappa shape index (κ2) is 3.01. The Labute approximate surface area is 70.7 Å². The zero-order chi connectivity index (χ0) is 10.0. The van der Waals surface area contributed by atoms with E-state index in [1.165, 1.54) is 0 Å². The number of nitrogens with zero attached hydrogens (tertiary/aromatic N) is 1. The van der Waals surface area contributed by atoms with E-state index in [-0.39, 0.29) is 6.20 Å². The number of urea groups is 1. The molecule has 0 aliphatic carbocycles. The fourth-order valence-electron chi connectivity index (χ4n) is 0.698. The topological polar surface area (TPSA) is 118 Å². The lowest BCUT2D eigenvalue weighted by Crippen LogP contribution is -2.51. The van der Waals surface area contributed by atoms with Crippen molar-refractivity contribution in [1.82, 2.24) is 10.6 Å². The number of imide groups is 2. The minimum absolute atomic E-state index is 0.233. The molecule has 8 heteroatoms. The van der Waals surface area contributed by atoms with Gasteiger partial charge in [-0.1, -0.05) is 0 Å². The molecule has 1 heterocycles. The lowest BCUT2D eigenvalue weighted by atomic mass is 10.2. The molecule has 1 rings (SSSR count). The van der Waals surface area contributed by atoms with E-state index >= 15 is 0 Å². The summed E-state index contributed by atoms with van der Waals surface area (Å²) in [6.45, 7) is 0. The van der Waals surface area contributed by atoms with Crippen molar-refractivity contribution in [2.45, 2.75) is 0 Å². The largest absolute Gasteiger partial charge is 0.328 e. The lowest BCUT2D eigenvalue weighted by Gasteiger charge is -2.11. The maximum absolute atomic E-state index is 10.8. The van der Waals surface area contributed by atoms with Crippen molar-refractivity contribution in [1.29, 1.82) is 0 Å². The van der Waals surface area contributed by atoms with Gasteiger partial charge in [0, 0.05) is 0 Å². The maximum Gasteiger partial charge on any atom is 0.328 e. The molecule has 13 heavy (non-hydrogen) atoms. The summed E-state index contributed by atoms with van der Waals surface area (Å²) in [5.41, 5.74) is -0.704. The molecule has 1 saturated heterocycles. The monoisotopic (exact) mass is 185 g/mol. The number of rotatable bonds is 1. The summed E-state index contributed by atoms with van der Waals surface area (Å²) in [5.74, 6) is -2.16. The Hall–Kier alpha value is -2.25. The third kappa shape index (κ3) is 1.86. The summed E-state index contributed by atoms with van der Waals surface area (Å²) in [5, 5.41) is 13.3. The van der Waals surface area contributed by atoms with Gasteiger partial charge >= 0.3 is 6.03 Å². The third-order valence-electron chi connectivity index (χ3n) is 1.18. The van der Waals surface area contributed by atoms with E-state index in [9.17, 15) is 24.5 Å². The molecular weight excluding hydrogens is 182 g/mol. The molecule has 0 spiro atoms. The van der Waals surface area contributed by atoms with E-state index in [1.54, 1.807) is 10.6 Å². The summed E-state index contributed by atoms with van der Waals surface area (Å²) in [7, 11) is 0. The van der Waals surface area contributed by atoms with Crippen LogP contribution in [0.25, 0.3) is 0 Å². The van der Waals surface area contributed by atoms with Gasteiger partial charge in [0.05, 0.1) is 4.92 Å². The number of barbiturate groups is 1. The SMILES string of the molecule is O=C1NC(=O)C(=C[N+](=O)[O-])C(=O)N1. The molecule has 4 amide bonds. The molecule has 0 atom stereocenters. The highest BCUT2D eigenvalue weighted by atomic mass is 16.6. The smallest absolute Gasteiger partial charge is 0.273 e. The zero-order valence-corrected chi connectivity index (χ0v) is 6.07. The highest BCUT2D eigenvalue weighted by Crippen LogP contribution is 1.99. The molecule has 2 N–H and O–H groups in total. The van der Waals surface area contributed by atoms with Gasteiger partial charge in [0.15, 0.2) is 5.57 Å². The zero-order valence-electron chi connectivity index (χ0n) is 6.07. The van der Waals surface area contributed by atoms with E-state index in [2.05, 4.69) is 0 Å². The molecule has 0 aromatic rings. The molecule has 0 aromatic heterocycles. The summed E-state index contributed by atoms with van der Waals surface area (Å²) in [4.78, 5) is 41.0. The molecule has 0 aromatic carbocycles. The van der Waals surface area contributed by atoms with Crippen LogP contribution < -0.4 is 10.6 Å². The van der Waals surface area contributed by atoms with Gasteiger partial charge < -0.3 is 0 Å². The number of carbonyl (C=O) groups excluding carboxylic acids is 3. The lowest BCUT2D eigenvalue weighted by molar-refractivity contribution is -0.403. The summed E-state index contributed by atoms with van der Waals surface area (Å²) < 4.78 is 0. The normalized spacial score (nSPS) is 16.3. The van der Waals surface area contributed by atoms with E-state index in [1.807, 2.05) is 0 Å². The van der Waals surface area contributed by atoms with Gasteiger partial charge in [-0.05, 0) is 0 Å². The van der Waals surface area contributed by atoms with Crippen LogP contribution in [0.15, 0.2) is 11.8 Å². The fourth-order valence-corrected chi connectivity index (χ4v) is 0.698. The summed E-state index contributed by atoms with van der Waals surface area (Å²) in [6.07, 6.45) is 0.233. The number of hydrogen-bond donors (Lipinski definition) is 2. The fraction of sp³-hybridized carbons (Fsp3) is 0. The molecule has 1 aliphatic rings. The van der Waals surface area contributed by atoms with Crippen LogP contribution in [0, 0.1) is 10.1 Å². The minimum atomic E-state index is -1.08. The van der Waals surface area contributed by atoms with Crippen LogP contribution in [0.4, 0.5) is 4.79 Å². The van der Waals surface area contributed by atoms with Gasteiger partial charge in [0.25, 0.3) is 18.0 Å². The Morgan fingerprint density at radius 3 is 2.00 bits per heavy atom. The van der Waals surface area contributed by atoms with Crippen molar-refractivity contribution in [3.63, 3.8) is 0 Å². The summed E-state index contributed by atoms with van der Waals surface area (Å²) >= 11 is 0. The summed E-state index contributed by atoms with van der Waals surface area (Å²) in [6, 6.07) is -0.990. The Kier molecular flexibility index (Phi) is 2.05. The van der Waals surface area contributed by atoms with Crippen LogP contribution in [0.2, 0.25) is 0 Å². The number of carbonyl (C=O) groups is 3. The number of nitrogens with one attached hydrogen (secondary N) is 2. The Morgan fingerprint density at radius 1 is 1.15 bits per heavy atom. The first-order chi connectivity index (χ1) is 6.00. The van der Waals surface area contributed by atoms with Crippen molar-refractivity contribution in [2.75, 3.05) is 0 Å². The molecular formula is C5H3N3O5. The van der Waals surface area contributed by atoms with Crippen molar-refractivity contribution in [2.24, 2.45) is 0 Å². The van der Waals surface area contributed by atoms with Crippen LogP contribution >= 0.6 is 0 Å². The maximum atomic E-state index is 10.8.